The van der Waals surface area contributed by atoms with Crippen LogP contribution in [0.5, 0.6) is 0 Å². The zero-order chi connectivity index (χ0) is 15.1. The van der Waals surface area contributed by atoms with Crippen LogP contribution in [0.3, 0.4) is 0 Å². The van der Waals surface area contributed by atoms with E-state index >= 15 is 0 Å². The molecule has 0 spiro atoms. The second-order valence-electron chi connectivity index (χ2n) is 4.70. The summed E-state index contributed by atoms with van der Waals surface area (Å²) in [5, 5.41) is 7.08. The molecule has 1 amide bonds. The van der Waals surface area contributed by atoms with E-state index in [-0.39, 0.29) is 11.9 Å². The van der Waals surface area contributed by atoms with Gasteiger partial charge < -0.3 is 5.32 Å². The monoisotopic (exact) mass is 282 g/mol. The molecule has 0 saturated heterocycles. The number of nitrogens with zero attached hydrogens (tertiary/aromatic N) is 2. The molecule has 0 aliphatic carbocycles. The van der Waals surface area contributed by atoms with E-state index in [1.54, 1.807) is 25.5 Å². The molecule has 5 nitrogen and oxygen atoms in total. The van der Waals surface area contributed by atoms with Crippen molar-refractivity contribution in [2.24, 2.45) is 5.10 Å². The molecule has 0 radical (unpaired) electrons. The summed E-state index contributed by atoms with van der Waals surface area (Å²) in [7, 11) is 0. The Labute approximate surface area is 124 Å². The first-order valence-electron chi connectivity index (χ1n) is 6.72. The van der Waals surface area contributed by atoms with Gasteiger partial charge in [0.05, 0.1) is 6.21 Å². The molecular weight excluding hydrogens is 264 g/mol. The Kier molecular flexibility index (Phi) is 5.04. The third-order valence-electron chi connectivity index (χ3n) is 2.98. The number of aromatic nitrogens is 1. The van der Waals surface area contributed by atoms with Crippen molar-refractivity contribution in [2.75, 3.05) is 5.32 Å². The summed E-state index contributed by atoms with van der Waals surface area (Å²) in [6.45, 7) is 3.79. The molecule has 0 bridgehead atoms. The average molecular weight is 282 g/mol. The summed E-state index contributed by atoms with van der Waals surface area (Å²) in [4.78, 5) is 15.9. The maximum Gasteiger partial charge on any atom is 0.262 e. The van der Waals surface area contributed by atoms with Crippen molar-refractivity contribution in [3.63, 3.8) is 0 Å². The molecule has 0 saturated carbocycles. The number of pyridine rings is 1. The Morgan fingerprint density at radius 3 is 2.81 bits per heavy atom. The quantitative estimate of drug-likeness (QED) is 0.653. The average Bonchev–Trinajstić information content (AvgIpc) is 2.50. The molecule has 5 heteroatoms. The highest BCUT2D eigenvalue weighted by molar-refractivity contribution is 5.86. The topological polar surface area (TPSA) is 66.4 Å². The number of hydrogen-bond donors (Lipinski definition) is 2. The molecule has 1 unspecified atom stereocenters. The van der Waals surface area contributed by atoms with Crippen LogP contribution in [0.1, 0.15) is 18.1 Å². The Hall–Kier alpha value is -2.69. The molecule has 0 aliphatic heterocycles. The highest BCUT2D eigenvalue weighted by Crippen LogP contribution is 2.14. The van der Waals surface area contributed by atoms with E-state index in [1.165, 1.54) is 0 Å². The molecule has 0 fully saturated rings. The van der Waals surface area contributed by atoms with Crippen LogP contribution in [-0.2, 0) is 4.79 Å². The number of aryl methyl sites for hydroxylation is 1. The van der Waals surface area contributed by atoms with Crippen LogP contribution in [0.4, 0.5) is 5.69 Å². The molecule has 1 atom stereocenters. The summed E-state index contributed by atoms with van der Waals surface area (Å²) in [6.07, 6.45) is 4.92. The zero-order valence-electron chi connectivity index (χ0n) is 12.1. The number of anilines is 1. The van der Waals surface area contributed by atoms with Gasteiger partial charge in [0.25, 0.3) is 5.91 Å². The van der Waals surface area contributed by atoms with Crippen LogP contribution >= 0.6 is 0 Å². The lowest BCUT2D eigenvalue weighted by atomic mass is 10.2. The lowest BCUT2D eigenvalue weighted by Gasteiger charge is -2.15. The first kappa shape index (κ1) is 14.7. The fraction of sp³-hybridized carbons (Fsp3) is 0.188. The third kappa shape index (κ3) is 4.42. The molecule has 0 aliphatic rings. The lowest BCUT2D eigenvalue weighted by molar-refractivity contribution is -0.121. The van der Waals surface area contributed by atoms with E-state index in [0.29, 0.717) is 0 Å². The number of amides is 1. The molecule has 2 rings (SSSR count). The number of rotatable bonds is 5. The zero-order valence-corrected chi connectivity index (χ0v) is 12.1. The number of hydrazone groups is 1. The first-order chi connectivity index (χ1) is 10.2. The van der Waals surface area contributed by atoms with Gasteiger partial charge >= 0.3 is 0 Å². The number of hydrogen-bond acceptors (Lipinski definition) is 4. The summed E-state index contributed by atoms with van der Waals surface area (Å²) in [6, 6.07) is 11.1. The van der Waals surface area contributed by atoms with E-state index in [0.717, 1.165) is 16.8 Å². The minimum atomic E-state index is -0.378. The maximum atomic E-state index is 11.9. The van der Waals surface area contributed by atoms with E-state index in [2.05, 4.69) is 20.8 Å². The number of nitrogens with one attached hydrogen (secondary N) is 2. The van der Waals surface area contributed by atoms with Crippen molar-refractivity contribution in [1.82, 2.24) is 10.4 Å². The third-order valence-corrected chi connectivity index (χ3v) is 2.98. The number of benzene rings is 1. The normalized spacial score (nSPS) is 12.1. The van der Waals surface area contributed by atoms with E-state index in [4.69, 9.17) is 0 Å². The minimum absolute atomic E-state index is 0.196. The van der Waals surface area contributed by atoms with Crippen molar-refractivity contribution in [1.29, 1.82) is 0 Å². The minimum Gasteiger partial charge on any atom is -0.374 e. The SMILES string of the molecule is Cc1ccccc1NC(C)C(=O)NN=Cc1cccnc1. The Morgan fingerprint density at radius 2 is 2.10 bits per heavy atom. The van der Waals surface area contributed by atoms with Gasteiger partial charge in [-0.1, -0.05) is 24.3 Å². The second-order valence-corrected chi connectivity index (χ2v) is 4.70. The Bertz CT molecular complexity index is 625. The van der Waals surface area contributed by atoms with Crippen LogP contribution < -0.4 is 10.7 Å². The van der Waals surface area contributed by atoms with Crippen molar-refractivity contribution < 1.29 is 4.79 Å². The van der Waals surface area contributed by atoms with E-state index in [9.17, 15) is 4.79 Å². The molecule has 108 valence electrons. The van der Waals surface area contributed by atoms with Crippen LogP contribution in [0.25, 0.3) is 0 Å². The molecule has 1 aromatic carbocycles. The van der Waals surface area contributed by atoms with Crippen LogP contribution in [-0.4, -0.2) is 23.1 Å². The molecule has 1 heterocycles. The largest absolute Gasteiger partial charge is 0.374 e. The van der Waals surface area contributed by atoms with Gasteiger partial charge in [-0.3, -0.25) is 9.78 Å². The first-order valence-corrected chi connectivity index (χ1v) is 6.72. The van der Waals surface area contributed by atoms with Crippen LogP contribution in [0.15, 0.2) is 53.9 Å². The fourth-order valence-electron chi connectivity index (χ4n) is 1.75. The lowest BCUT2D eigenvalue weighted by Crippen LogP contribution is -2.35. The van der Waals surface area contributed by atoms with Crippen molar-refractivity contribution >= 4 is 17.8 Å². The number of carbonyl (C=O) groups excluding carboxylic acids is 1. The fourth-order valence-corrected chi connectivity index (χ4v) is 1.75. The Morgan fingerprint density at radius 1 is 1.29 bits per heavy atom. The van der Waals surface area contributed by atoms with Crippen molar-refractivity contribution in [2.45, 2.75) is 19.9 Å². The Balaban J connectivity index is 1.88. The maximum absolute atomic E-state index is 11.9. The molecule has 2 aromatic rings. The van der Waals surface area contributed by atoms with Gasteiger partial charge in [0.1, 0.15) is 6.04 Å². The van der Waals surface area contributed by atoms with Gasteiger partial charge in [-0.25, -0.2) is 5.43 Å². The van der Waals surface area contributed by atoms with Gasteiger partial charge in [-0.05, 0) is 31.5 Å². The van der Waals surface area contributed by atoms with Crippen molar-refractivity contribution in [3.8, 4) is 0 Å². The van der Waals surface area contributed by atoms with E-state index in [1.807, 2.05) is 43.3 Å². The number of para-hydroxylation sites is 1. The van der Waals surface area contributed by atoms with Crippen LogP contribution in [0.2, 0.25) is 0 Å². The van der Waals surface area contributed by atoms with Gasteiger partial charge in [-0.2, -0.15) is 5.10 Å². The van der Waals surface area contributed by atoms with Gasteiger partial charge in [0.2, 0.25) is 0 Å². The predicted octanol–water partition coefficient (Wildman–Crippen LogP) is 2.34. The molecule has 21 heavy (non-hydrogen) atoms. The molecular formula is C16H18N4O. The highest BCUT2D eigenvalue weighted by Gasteiger charge is 2.12. The molecule has 2 N–H and O–H groups in total. The second kappa shape index (κ2) is 7.19. The van der Waals surface area contributed by atoms with Gasteiger partial charge in [0.15, 0.2) is 0 Å². The highest BCUT2D eigenvalue weighted by atomic mass is 16.2. The van der Waals surface area contributed by atoms with Crippen LogP contribution in [0, 0.1) is 6.92 Å². The standard InChI is InChI=1S/C16H18N4O/c1-12-6-3-4-8-15(12)19-13(2)16(21)20-18-11-14-7-5-9-17-10-14/h3-11,13,19H,1-2H3,(H,20,21). The smallest absolute Gasteiger partial charge is 0.262 e. The summed E-state index contributed by atoms with van der Waals surface area (Å²) >= 11 is 0. The van der Waals surface area contributed by atoms with E-state index < -0.39 is 0 Å². The number of carbonyl (C=O) groups is 1. The van der Waals surface area contributed by atoms with Crippen molar-refractivity contribution in [3.05, 3.63) is 59.9 Å². The summed E-state index contributed by atoms with van der Waals surface area (Å²) in [5.74, 6) is -0.196. The van der Waals surface area contributed by atoms with Gasteiger partial charge in [0, 0.05) is 23.6 Å². The molecule has 1 aromatic heterocycles. The summed E-state index contributed by atoms with van der Waals surface area (Å²) < 4.78 is 0. The summed E-state index contributed by atoms with van der Waals surface area (Å²) in [5.41, 5.74) is 5.38. The van der Waals surface area contributed by atoms with Gasteiger partial charge in [-0.15, -0.1) is 0 Å². The predicted molar refractivity (Wildman–Crippen MR) is 84.2 cm³/mol.